The second-order valence-electron chi connectivity index (χ2n) is 2.75. The number of nitrogens with zero attached hydrogens (tertiary/aromatic N) is 1. The van der Waals surface area contributed by atoms with E-state index >= 15 is 0 Å². The summed E-state index contributed by atoms with van der Waals surface area (Å²) in [6.07, 6.45) is 0.0118. The zero-order valence-electron chi connectivity index (χ0n) is 7.15. The second-order valence-corrected chi connectivity index (χ2v) is 2.75. The van der Waals surface area contributed by atoms with Gasteiger partial charge in [0.1, 0.15) is 11.8 Å². The van der Waals surface area contributed by atoms with Crippen LogP contribution >= 0.6 is 0 Å². The Bertz CT molecular complexity index is 398. The van der Waals surface area contributed by atoms with Gasteiger partial charge in [-0.1, -0.05) is 0 Å². The zero-order chi connectivity index (χ0) is 10.7. The van der Waals surface area contributed by atoms with E-state index in [-0.39, 0.29) is 12.1 Å². The Balaban J connectivity index is 3.02. The summed E-state index contributed by atoms with van der Waals surface area (Å²) in [6, 6.07) is 4.02. The molecule has 5 heteroatoms. The molecule has 0 fully saturated rings. The van der Waals surface area contributed by atoms with Crippen LogP contribution in [0.4, 0.5) is 0 Å². The Morgan fingerprint density at radius 2 is 1.79 bits per heavy atom. The van der Waals surface area contributed by atoms with Gasteiger partial charge in [0.2, 0.25) is 0 Å². The third-order valence-corrected chi connectivity index (χ3v) is 1.65. The zero-order valence-corrected chi connectivity index (χ0v) is 7.15. The molecular formula is C9H8N2O3. The molecule has 0 unspecified atom stereocenters. The fourth-order valence-corrected chi connectivity index (χ4v) is 1.01. The van der Waals surface area contributed by atoms with Crippen LogP contribution in [0.25, 0.3) is 0 Å². The Kier molecular flexibility index (Phi) is 2.58. The van der Waals surface area contributed by atoms with Crippen molar-refractivity contribution in [2.45, 2.75) is 6.42 Å². The minimum Gasteiger partial charge on any atom is -0.504 e. The van der Waals surface area contributed by atoms with Crippen LogP contribution in [0.3, 0.4) is 0 Å². The highest BCUT2D eigenvalue weighted by atomic mass is 16.3. The van der Waals surface area contributed by atoms with E-state index in [1.807, 2.05) is 0 Å². The molecule has 0 radical (unpaired) electrons. The number of benzene rings is 1. The van der Waals surface area contributed by atoms with Crippen LogP contribution in [0, 0.1) is 16.7 Å². The average Bonchev–Trinajstić information content (AvgIpc) is 2.14. The molecule has 4 N–H and O–H groups in total. The van der Waals surface area contributed by atoms with E-state index < -0.39 is 17.2 Å². The number of hydrogen-bond donors (Lipinski definition) is 4. The van der Waals surface area contributed by atoms with Crippen molar-refractivity contribution >= 4 is 5.71 Å². The minimum atomic E-state index is -0.600. The lowest BCUT2D eigenvalue weighted by molar-refractivity contribution is 0.367. The normalized spacial score (nSPS) is 9.36. The summed E-state index contributed by atoms with van der Waals surface area (Å²) in [5.41, 5.74) is 0.207. The maximum atomic E-state index is 9.10. The molecule has 72 valence electrons. The molecule has 0 bridgehead atoms. The van der Waals surface area contributed by atoms with Gasteiger partial charge < -0.3 is 15.3 Å². The summed E-state index contributed by atoms with van der Waals surface area (Å²) in [5, 5.41) is 42.6. The van der Waals surface area contributed by atoms with Crippen LogP contribution in [-0.4, -0.2) is 21.0 Å². The number of nitrogens with one attached hydrogen (secondary N) is 1. The number of hydrogen-bond acceptors (Lipinski definition) is 5. The van der Waals surface area contributed by atoms with Crippen molar-refractivity contribution in [3.63, 3.8) is 0 Å². The lowest BCUT2D eigenvalue weighted by Gasteiger charge is -2.03. The van der Waals surface area contributed by atoms with Gasteiger partial charge in [-0.15, -0.1) is 0 Å². The van der Waals surface area contributed by atoms with E-state index in [2.05, 4.69) is 0 Å². The van der Waals surface area contributed by atoms with Crippen molar-refractivity contribution in [1.82, 2.24) is 0 Å². The molecule has 0 atom stereocenters. The summed E-state index contributed by atoms with van der Waals surface area (Å²) in [7, 11) is 0. The van der Waals surface area contributed by atoms with Crippen molar-refractivity contribution in [3.8, 4) is 23.3 Å². The topological polar surface area (TPSA) is 108 Å². The van der Waals surface area contributed by atoms with Crippen LogP contribution < -0.4 is 0 Å². The first-order chi connectivity index (χ1) is 6.54. The van der Waals surface area contributed by atoms with Crippen LogP contribution in [0.15, 0.2) is 12.1 Å². The first-order valence-corrected chi connectivity index (χ1v) is 3.76. The number of phenols is 3. The molecule has 1 aromatic rings. The van der Waals surface area contributed by atoms with E-state index in [0.29, 0.717) is 5.56 Å². The maximum absolute atomic E-state index is 9.10. The lowest BCUT2D eigenvalue weighted by Crippen LogP contribution is -1.97. The average molecular weight is 192 g/mol. The second kappa shape index (κ2) is 3.66. The summed E-state index contributed by atoms with van der Waals surface area (Å²) in [5.74, 6) is -1.53. The number of aromatic hydroxyl groups is 3. The Labute approximate surface area is 80.0 Å². The van der Waals surface area contributed by atoms with Crippen LogP contribution in [0.2, 0.25) is 0 Å². The maximum Gasteiger partial charge on any atom is 0.200 e. The number of rotatable bonds is 2. The molecule has 1 rings (SSSR count). The Morgan fingerprint density at radius 1 is 1.29 bits per heavy atom. The SMILES string of the molecule is N#CC(=N)Cc1cc(O)c(O)c(O)c1. The van der Waals surface area contributed by atoms with Gasteiger partial charge in [0.05, 0.1) is 0 Å². The number of phenolic OH excluding ortho intramolecular Hbond substituents is 3. The first-order valence-electron chi connectivity index (χ1n) is 3.76. The summed E-state index contributed by atoms with van der Waals surface area (Å²) < 4.78 is 0. The van der Waals surface area contributed by atoms with Gasteiger partial charge in [0, 0.05) is 6.42 Å². The highest BCUT2D eigenvalue weighted by Crippen LogP contribution is 2.35. The van der Waals surface area contributed by atoms with Gasteiger partial charge in [-0.2, -0.15) is 5.26 Å². The highest BCUT2D eigenvalue weighted by molar-refractivity contribution is 5.97. The summed E-state index contributed by atoms with van der Waals surface area (Å²) >= 11 is 0. The molecule has 0 heterocycles. The predicted molar refractivity (Wildman–Crippen MR) is 48.5 cm³/mol. The molecule has 0 spiro atoms. The molecule has 0 aliphatic rings. The molecule has 0 saturated heterocycles. The van der Waals surface area contributed by atoms with Gasteiger partial charge in [-0.25, -0.2) is 0 Å². The monoisotopic (exact) mass is 192 g/mol. The van der Waals surface area contributed by atoms with Crippen molar-refractivity contribution in [2.75, 3.05) is 0 Å². The molecule has 0 aromatic heterocycles. The molecule has 0 aliphatic heterocycles. The van der Waals surface area contributed by atoms with Gasteiger partial charge in [0.15, 0.2) is 17.2 Å². The predicted octanol–water partition coefficient (Wildman–Crippen LogP) is 0.889. The van der Waals surface area contributed by atoms with E-state index in [1.165, 1.54) is 12.1 Å². The van der Waals surface area contributed by atoms with Crippen molar-refractivity contribution in [1.29, 1.82) is 10.7 Å². The third-order valence-electron chi connectivity index (χ3n) is 1.65. The molecular weight excluding hydrogens is 184 g/mol. The summed E-state index contributed by atoms with van der Waals surface area (Å²) in [4.78, 5) is 0. The largest absolute Gasteiger partial charge is 0.504 e. The van der Waals surface area contributed by atoms with Crippen LogP contribution in [0.1, 0.15) is 5.56 Å². The van der Waals surface area contributed by atoms with Crippen LogP contribution in [-0.2, 0) is 6.42 Å². The first kappa shape index (κ1) is 9.86. The van der Waals surface area contributed by atoms with E-state index in [9.17, 15) is 0 Å². The Morgan fingerprint density at radius 3 is 2.21 bits per heavy atom. The fourth-order valence-electron chi connectivity index (χ4n) is 1.01. The fraction of sp³-hybridized carbons (Fsp3) is 0.111. The number of nitriles is 1. The quantitative estimate of drug-likeness (QED) is 0.412. The minimum absolute atomic E-state index is 0.0118. The standard InChI is InChI=1S/C9H8N2O3/c10-4-6(11)1-5-2-7(12)9(14)8(13)3-5/h2-3,11-14H,1H2. The van der Waals surface area contributed by atoms with E-state index in [4.69, 9.17) is 26.0 Å². The van der Waals surface area contributed by atoms with Gasteiger partial charge >= 0.3 is 0 Å². The van der Waals surface area contributed by atoms with Gasteiger partial charge in [0.25, 0.3) is 0 Å². The van der Waals surface area contributed by atoms with Crippen molar-refractivity contribution < 1.29 is 15.3 Å². The highest BCUT2D eigenvalue weighted by Gasteiger charge is 2.08. The van der Waals surface area contributed by atoms with Gasteiger partial charge in [-0.05, 0) is 17.7 Å². The molecule has 0 aliphatic carbocycles. The van der Waals surface area contributed by atoms with E-state index in [0.717, 1.165) is 0 Å². The van der Waals surface area contributed by atoms with E-state index in [1.54, 1.807) is 6.07 Å². The molecule has 0 amide bonds. The molecule has 0 saturated carbocycles. The van der Waals surface area contributed by atoms with Crippen molar-refractivity contribution in [3.05, 3.63) is 17.7 Å². The third kappa shape index (κ3) is 1.93. The molecule has 1 aromatic carbocycles. The molecule has 14 heavy (non-hydrogen) atoms. The Hall–Kier alpha value is -2.22. The lowest BCUT2D eigenvalue weighted by atomic mass is 10.1. The molecule has 5 nitrogen and oxygen atoms in total. The summed E-state index contributed by atoms with van der Waals surface area (Å²) in [6.45, 7) is 0. The van der Waals surface area contributed by atoms with Crippen LogP contribution in [0.5, 0.6) is 17.2 Å². The smallest absolute Gasteiger partial charge is 0.200 e. The van der Waals surface area contributed by atoms with Gasteiger partial charge in [-0.3, -0.25) is 5.41 Å². The van der Waals surface area contributed by atoms with Crippen molar-refractivity contribution in [2.24, 2.45) is 0 Å².